The summed E-state index contributed by atoms with van der Waals surface area (Å²) in [7, 11) is 1.60. The smallest absolute Gasteiger partial charge is 0.239 e. The first kappa shape index (κ1) is 21.3. The molecule has 8 heteroatoms. The fourth-order valence-corrected chi connectivity index (χ4v) is 5.46. The Morgan fingerprint density at radius 1 is 1.21 bits per heavy atom. The number of halogens is 1. The Morgan fingerprint density at radius 2 is 1.91 bits per heavy atom. The number of amides is 1. The minimum atomic E-state index is -1.08. The molecule has 0 radical (unpaired) electrons. The molecule has 0 bridgehead atoms. The maximum Gasteiger partial charge on any atom is 0.239 e. The lowest BCUT2D eigenvalue weighted by molar-refractivity contribution is -0.130. The lowest BCUT2D eigenvalue weighted by atomic mass is 9.77. The van der Waals surface area contributed by atoms with E-state index >= 15 is 4.39 Å². The molecular weight excluding hydrogens is 437 g/mol. The highest BCUT2D eigenvalue weighted by atomic mass is 32.1. The number of aliphatic imine (C=N–C) groups is 1. The summed E-state index contributed by atoms with van der Waals surface area (Å²) in [5, 5.41) is 8.75. The fourth-order valence-electron chi connectivity index (χ4n) is 4.43. The van der Waals surface area contributed by atoms with Crippen LogP contribution >= 0.6 is 11.3 Å². The fraction of sp³-hybridized carbons (Fsp3) is 0.280. The van der Waals surface area contributed by atoms with Gasteiger partial charge in [0.15, 0.2) is 11.1 Å². The van der Waals surface area contributed by atoms with Crippen molar-refractivity contribution < 1.29 is 9.18 Å². The number of nitrogens with zero attached hydrogens (tertiary/aromatic N) is 4. The van der Waals surface area contributed by atoms with E-state index < -0.39 is 16.6 Å². The van der Waals surface area contributed by atoms with Crippen molar-refractivity contribution in [1.29, 1.82) is 5.26 Å². The molecule has 1 fully saturated rings. The number of likely N-dealkylation sites (N-methyl/N-ethyl adjacent to an activating group) is 1. The first-order valence-electron chi connectivity index (χ1n) is 10.7. The van der Waals surface area contributed by atoms with E-state index in [2.05, 4.69) is 17.1 Å². The number of nitriles is 1. The molecule has 33 heavy (non-hydrogen) atoms. The van der Waals surface area contributed by atoms with Crippen LogP contribution in [0, 0.1) is 16.5 Å². The third-order valence-corrected chi connectivity index (χ3v) is 7.66. The van der Waals surface area contributed by atoms with Crippen LogP contribution < -0.4 is 5.73 Å². The number of nitrogens with two attached hydrogens (primary N) is 1. The highest BCUT2D eigenvalue weighted by molar-refractivity contribution is 7.11. The molecule has 166 valence electrons. The molecule has 1 amide bonds. The zero-order valence-electron chi connectivity index (χ0n) is 18.2. The molecule has 3 heterocycles. The van der Waals surface area contributed by atoms with Crippen molar-refractivity contribution in [3.8, 4) is 17.2 Å². The van der Waals surface area contributed by atoms with Crippen molar-refractivity contribution >= 4 is 23.2 Å². The highest BCUT2D eigenvalue weighted by Crippen LogP contribution is 2.48. The van der Waals surface area contributed by atoms with E-state index in [4.69, 9.17) is 10.7 Å². The van der Waals surface area contributed by atoms with Gasteiger partial charge in [0.25, 0.3) is 0 Å². The minimum Gasteiger partial charge on any atom is -0.369 e. The highest BCUT2D eigenvalue weighted by Gasteiger charge is 2.48. The third-order valence-electron chi connectivity index (χ3n) is 6.51. The van der Waals surface area contributed by atoms with Crippen LogP contribution in [0.5, 0.6) is 0 Å². The molecular formula is C25H22FN5OS. The maximum atomic E-state index is 15.1. The Labute approximate surface area is 195 Å². The summed E-state index contributed by atoms with van der Waals surface area (Å²) in [6.07, 6.45) is 5.34. The van der Waals surface area contributed by atoms with E-state index in [9.17, 15) is 10.1 Å². The zero-order valence-corrected chi connectivity index (χ0v) is 19.1. The molecule has 1 saturated carbocycles. The van der Waals surface area contributed by atoms with Gasteiger partial charge >= 0.3 is 0 Å². The van der Waals surface area contributed by atoms with Gasteiger partial charge in [0.05, 0.1) is 11.5 Å². The summed E-state index contributed by atoms with van der Waals surface area (Å²) in [4.78, 5) is 24.1. The molecule has 2 aromatic heterocycles. The van der Waals surface area contributed by atoms with E-state index in [0.717, 1.165) is 16.9 Å². The normalized spacial score (nSPS) is 22.7. The monoisotopic (exact) mass is 459 g/mol. The van der Waals surface area contributed by atoms with E-state index in [1.54, 1.807) is 19.2 Å². The van der Waals surface area contributed by atoms with Crippen molar-refractivity contribution in [1.82, 2.24) is 9.88 Å². The predicted octanol–water partition coefficient (Wildman–Crippen LogP) is 4.48. The molecule has 2 N–H and O–H groups in total. The van der Waals surface area contributed by atoms with Gasteiger partial charge in [0.1, 0.15) is 11.6 Å². The van der Waals surface area contributed by atoms with Crippen LogP contribution in [-0.4, -0.2) is 28.8 Å². The summed E-state index contributed by atoms with van der Waals surface area (Å²) in [6.45, 7) is 1.82. The molecule has 6 nitrogen and oxygen atoms in total. The largest absolute Gasteiger partial charge is 0.369 e. The van der Waals surface area contributed by atoms with Crippen molar-refractivity contribution in [2.24, 2.45) is 10.7 Å². The average molecular weight is 460 g/mol. The van der Waals surface area contributed by atoms with Crippen LogP contribution in [0.4, 0.5) is 4.39 Å². The molecule has 2 atom stereocenters. The molecule has 5 rings (SSSR count). The number of carbonyl (C=O) groups excluding carboxylic acids is 1. The number of carbonyl (C=O) groups is 1. The third kappa shape index (κ3) is 3.58. The molecule has 1 aromatic carbocycles. The van der Waals surface area contributed by atoms with Crippen molar-refractivity contribution in [3.63, 3.8) is 0 Å². The quantitative estimate of drug-likeness (QED) is 0.622. The van der Waals surface area contributed by atoms with E-state index in [1.807, 2.05) is 25.1 Å². The van der Waals surface area contributed by atoms with Gasteiger partial charge in [-0.15, -0.1) is 11.3 Å². The lowest BCUT2D eigenvalue weighted by Gasteiger charge is -2.40. The Bertz CT molecular complexity index is 1320. The summed E-state index contributed by atoms with van der Waals surface area (Å²) < 4.78 is 15.1. The maximum absolute atomic E-state index is 15.1. The van der Waals surface area contributed by atoms with Crippen molar-refractivity contribution in [2.45, 2.75) is 37.1 Å². The molecule has 2 unspecified atom stereocenters. The second-order valence-electron chi connectivity index (χ2n) is 8.76. The molecule has 0 saturated heterocycles. The summed E-state index contributed by atoms with van der Waals surface area (Å²) >= 11 is 0.939. The number of aromatic nitrogens is 1. The molecule has 3 aromatic rings. The van der Waals surface area contributed by atoms with Gasteiger partial charge in [-0.3, -0.25) is 14.7 Å². The lowest BCUT2D eigenvalue weighted by Crippen LogP contribution is -2.52. The van der Waals surface area contributed by atoms with Crippen LogP contribution in [-0.2, 0) is 10.3 Å². The Morgan fingerprint density at radius 3 is 2.58 bits per heavy atom. The Hall–Kier alpha value is -3.57. The number of guanidine groups is 1. The van der Waals surface area contributed by atoms with Gasteiger partial charge in [-0.2, -0.15) is 9.65 Å². The first-order valence-corrected chi connectivity index (χ1v) is 11.5. The van der Waals surface area contributed by atoms with Gasteiger partial charge in [-0.05, 0) is 48.9 Å². The summed E-state index contributed by atoms with van der Waals surface area (Å²) in [6, 6.07) is 13.4. The van der Waals surface area contributed by atoms with Crippen LogP contribution in [0.15, 0.2) is 53.8 Å². The Kier molecular flexibility index (Phi) is 5.02. The number of hydrogen-bond donors (Lipinski definition) is 1. The number of benzene rings is 1. The Balaban J connectivity index is 1.62. The summed E-state index contributed by atoms with van der Waals surface area (Å²) in [5.41, 5.74) is 8.28. The molecule has 2 aliphatic rings. The van der Waals surface area contributed by atoms with Gasteiger partial charge in [0, 0.05) is 35.4 Å². The van der Waals surface area contributed by atoms with Gasteiger partial charge in [-0.25, -0.2) is 4.99 Å². The van der Waals surface area contributed by atoms with Crippen LogP contribution in [0.25, 0.3) is 11.1 Å². The number of thiophene rings is 1. The van der Waals surface area contributed by atoms with Gasteiger partial charge in [0.2, 0.25) is 5.91 Å². The second-order valence-corrected chi connectivity index (χ2v) is 9.76. The number of rotatable bonds is 4. The topological polar surface area (TPSA) is 95.4 Å². The van der Waals surface area contributed by atoms with Crippen LogP contribution in [0.3, 0.4) is 0 Å². The second kappa shape index (κ2) is 7.78. The molecule has 0 spiro atoms. The number of pyridine rings is 1. The summed E-state index contributed by atoms with van der Waals surface area (Å²) in [5.74, 6) is -0.141. The standard InChI is InChI=1S/C25H22FN5OS/c1-25(20-10-19(22(26)33-20)18-9-14(11-27)12-29-13-18)21(23(32)31(2)24(28)30-25)17-7-5-16(6-8-17)15-3-4-15/h5-10,12-13,15,21H,3-4H2,1-2H3,(H2,28,30). The molecule has 1 aliphatic heterocycles. The minimum absolute atomic E-state index is 0.0943. The van der Waals surface area contributed by atoms with E-state index in [0.29, 0.717) is 27.5 Å². The molecule has 1 aliphatic carbocycles. The van der Waals surface area contributed by atoms with Crippen molar-refractivity contribution in [3.05, 3.63) is 75.5 Å². The first-order chi connectivity index (χ1) is 15.8. The SMILES string of the molecule is CN1C(=O)C(c2ccc(C3CC3)cc2)C(C)(c2cc(-c3cncc(C#N)c3)c(F)s2)N=C1N. The average Bonchev–Trinajstić information content (AvgIpc) is 3.59. The van der Waals surface area contributed by atoms with Gasteiger partial charge < -0.3 is 5.73 Å². The van der Waals surface area contributed by atoms with Gasteiger partial charge in [-0.1, -0.05) is 24.3 Å². The predicted molar refractivity (Wildman–Crippen MR) is 125 cm³/mol. The van der Waals surface area contributed by atoms with Crippen molar-refractivity contribution in [2.75, 3.05) is 7.05 Å². The van der Waals surface area contributed by atoms with Crippen LogP contribution in [0.2, 0.25) is 0 Å². The van der Waals surface area contributed by atoms with Crippen LogP contribution in [0.1, 0.15) is 53.2 Å². The van der Waals surface area contributed by atoms with E-state index in [1.165, 1.54) is 35.7 Å². The number of hydrogen-bond acceptors (Lipinski definition) is 6. The van der Waals surface area contributed by atoms with E-state index in [-0.39, 0.29) is 11.9 Å². The zero-order chi connectivity index (χ0) is 23.3.